The van der Waals surface area contributed by atoms with Gasteiger partial charge in [-0.25, -0.2) is 8.78 Å². The number of fused-ring (bicyclic) bond motifs is 1. The molecule has 0 bridgehead atoms. The second-order valence-corrected chi connectivity index (χ2v) is 4.39. The van der Waals surface area contributed by atoms with E-state index in [0.29, 0.717) is 17.7 Å². The zero-order valence-corrected chi connectivity index (χ0v) is 10.1. The monoisotopic (exact) mass is 239 g/mol. The maximum absolute atomic E-state index is 13.6. The zero-order chi connectivity index (χ0) is 12.6. The fraction of sp³-hybridized carbons (Fsp3) is 0.385. The largest absolute Gasteiger partial charge is 0.456 e. The Balaban J connectivity index is 2.75. The summed E-state index contributed by atoms with van der Waals surface area (Å²) in [5.41, 5.74) is 1.01. The van der Waals surface area contributed by atoms with Crippen LogP contribution in [0.3, 0.4) is 0 Å². The van der Waals surface area contributed by atoms with E-state index in [-0.39, 0.29) is 11.5 Å². The highest BCUT2D eigenvalue weighted by Gasteiger charge is 2.19. The average molecular weight is 239 g/mol. The van der Waals surface area contributed by atoms with Crippen molar-refractivity contribution in [1.29, 1.82) is 0 Å². The molecular weight excluding hydrogens is 224 g/mol. The Bertz CT molecular complexity index is 546. The number of furan rings is 1. The van der Waals surface area contributed by atoms with Gasteiger partial charge in [0.1, 0.15) is 11.6 Å². The van der Waals surface area contributed by atoms with Crippen molar-refractivity contribution in [2.24, 2.45) is 0 Å². The van der Waals surface area contributed by atoms with Crippen molar-refractivity contribution in [3.63, 3.8) is 0 Å². The Morgan fingerprint density at radius 3 is 2.59 bits per heavy atom. The topological polar surface area (TPSA) is 25.2 Å². The second kappa shape index (κ2) is 4.45. The minimum absolute atomic E-state index is 0.139. The molecule has 4 heteroatoms. The molecule has 2 aromatic rings. The average Bonchev–Trinajstić information content (AvgIpc) is 2.57. The maximum Gasteiger partial charge on any atom is 0.170 e. The summed E-state index contributed by atoms with van der Waals surface area (Å²) in [6, 6.07) is 2.18. The first-order valence-electron chi connectivity index (χ1n) is 5.59. The summed E-state index contributed by atoms with van der Waals surface area (Å²) >= 11 is 0. The van der Waals surface area contributed by atoms with Crippen molar-refractivity contribution in [1.82, 2.24) is 5.32 Å². The molecule has 92 valence electrons. The molecule has 0 amide bonds. The molecule has 0 unspecified atom stereocenters. The van der Waals surface area contributed by atoms with Gasteiger partial charge in [0.05, 0.1) is 6.54 Å². The lowest BCUT2D eigenvalue weighted by molar-refractivity contribution is 0.496. The minimum Gasteiger partial charge on any atom is -0.456 e. The van der Waals surface area contributed by atoms with Crippen LogP contribution in [0.4, 0.5) is 8.78 Å². The van der Waals surface area contributed by atoms with Crippen LogP contribution in [0, 0.1) is 11.6 Å². The van der Waals surface area contributed by atoms with Crippen molar-refractivity contribution in [2.75, 3.05) is 7.05 Å². The highest BCUT2D eigenvalue weighted by atomic mass is 19.1. The van der Waals surface area contributed by atoms with Crippen molar-refractivity contribution in [3.8, 4) is 0 Å². The summed E-state index contributed by atoms with van der Waals surface area (Å²) in [6.07, 6.45) is 0. The summed E-state index contributed by atoms with van der Waals surface area (Å²) in [6.45, 7) is 4.46. The summed E-state index contributed by atoms with van der Waals surface area (Å²) in [5.74, 6) is -0.402. The van der Waals surface area contributed by atoms with Crippen LogP contribution in [0.15, 0.2) is 16.5 Å². The van der Waals surface area contributed by atoms with Gasteiger partial charge in [-0.1, -0.05) is 13.8 Å². The van der Waals surface area contributed by atoms with Gasteiger partial charge < -0.3 is 9.73 Å². The Kier molecular flexibility index (Phi) is 3.15. The van der Waals surface area contributed by atoms with Gasteiger partial charge in [0, 0.05) is 17.0 Å². The number of rotatable bonds is 3. The van der Waals surface area contributed by atoms with Gasteiger partial charge in [-0.05, 0) is 19.0 Å². The van der Waals surface area contributed by atoms with Crippen molar-refractivity contribution in [3.05, 3.63) is 35.1 Å². The Hall–Kier alpha value is -1.42. The van der Waals surface area contributed by atoms with E-state index in [1.807, 2.05) is 13.8 Å². The van der Waals surface area contributed by atoms with Gasteiger partial charge in [-0.2, -0.15) is 0 Å². The van der Waals surface area contributed by atoms with Gasteiger partial charge in [0.25, 0.3) is 0 Å². The molecule has 17 heavy (non-hydrogen) atoms. The second-order valence-electron chi connectivity index (χ2n) is 4.39. The molecule has 0 saturated carbocycles. The number of hydrogen-bond acceptors (Lipinski definition) is 2. The normalized spacial score (nSPS) is 11.6. The van der Waals surface area contributed by atoms with E-state index in [1.165, 1.54) is 6.07 Å². The number of nitrogens with one attached hydrogen (secondary N) is 1. The predicted octanol–water partition coefficient (Wildman–Crippen LogP) is 3.55. The molecule has 0 atom stereocenters. The molecule has 1 N–H and O–H groups in total. The maximum atomic E-state index is 13.6. The van der Waals surface area contributed by atoms with Crippen LogP contribution in [0.25, 0.3) is 11.0 Å². The van der Waals surface area contributed by atoms with E-state index in [0.717, 1.165) is 11.6 Å². The van der Waals surface area contributed by atoms with Crippen molar-refractivity contribution >= 4 is 11.0 Å². The Morgan fingerprint density at radius 1 is 1.29 bits per heavy atom. The summed E-state index contributed by atoms with van der Waals surface area (Å²) < 4.78 is 32.3. The lowest BCUT2D eigenvalue weighted by atomic mass is 9.99. The van der Waals surface area contributed by atoms with Crippen molar-refractivity contribution in [2.45, 2.75) is 26.3 Å². The smallest absolute Gasteiger partial charge is 0.170 e. The molecular formula is C13H15F2NO. The Labute approximate surface area is 98.6 Å². The van der Waals surface area contributed by atoms with Crippen LogP contribution in [0.5, 0.6) is 0 Å². The molecule has 1 aromatic carbocycles. The number of benzene rings is 1. The van der Waals surface area contributed by atoms with E-state index in [2.05, 4.69) is 5.32 Å². The van der Waals surface area contributed by atoms with E-state index >= 15 is 0 Å². The first kappa shape index (κ1) is 12.0. The van der Waals surface area contributed by atoms with Crippen LogP contribution >= 0.6 is 0 Å². The van der Waals surface area contributed by atoms with Gasteiger partial charge in [-0.15, -0.1) is 0 Å². The summed E-state index contributed by atoms with van der Waals surface area (Å²) in [5, 5.41) is 3.49. The number of halogens is 2. The molecule has 1 heterocycles. The lowest BCUT2D eigenvalue weighted by Crippen LogP contribution is -2.06. The predicted molar refractivity (Wildman–Crippen MR) is 63.0 cm³/mol. The molecule has 0 aliphatic rings. The first-order valence-corrected chi connectivity index (χ1v) is 5.59. The molecule has 2 nitrogen and oxygen atoms in total. The molecule has 0 spiro atoms. The van der Waals surface area contributed by atoms with Gasteiger partial charge >= 0.3 is 0 Å². The molecule has 2 rings (SSSR count). The fourth-order valence-electron chi connectivity index (χ4n) is 2.12. The molecule has 0 radical (unpaired) electrons. The van der Waals surface area contributed by atoms with E-state index in [9.17, 15) is 8.78 Å². The van der Waals surface area contributed by atoms with Crippen LogP contribution in [0.1, 0.15) is 31.1 Å². The summed E-state index contributed by atoms with van der Waals surface area (Å²) in [7, 11) is 1.79. The zero-order valence-electron chi connectivity index (χ0n) is 10.1. The van der Waals surface area contributed by atoms with Crippen LogP contribution in [-0.2, 0) is 6.54 Å². The highest BCUT2D eigenvalue weighted by molar-refractivity contribution is 5.83. The first-order chi connectivity index (χ1) is 8.04. The van der Waals surface area contributed by atoms with E-state index in [1.54, 1.807) is 7.05 Å². The minimum atomic E-state index is -0.649. The third-order valence-corrected chi connectivity index (χ3v) is 2.74. The van der Waals surface area contributed by atoms with Crippen LogP contribution < -0.4 is 5.32 Å². The van der Waals surface area contributed by atoms with Crippen LogP contribution in [0.2, 0.25) is 0 Å². The summed E-state index contributed by atoms with van der Waals surface area (Å²) in [4.78, 5) is 0. The molecule has 1 aromatic heterocycles. The van der Waals surface area contributed by atoms with E-state index < -0.39 is 11.6 Å². The molecule has 0 aliphatic heterocycles. The Morgan fingerprint density at radius 2 is 2.00 bits per heavy atom. The van der Waals surface area contributed by atoms with E-state index in [4.69, 9.17) is 4.42 Å². The number of hydrogen-bond donors (Lipinski definition) is 1. The van der Waals surface area contributed by atoms with Crippen molar-refractivity contribution < 1.29 is 13.2 Å². The highest BCUT2D eigenvalue weighted by Crippen LogP contribution is 2.33. The van der Waals surface area contributed by atoms with Gasteiger partial charge in [0.15, 0.2) is 11.4 Å². The third-order valence-electron chi connectivity index (χ3n) is 2.74. The molecule has 0 saturated heterocycles. The lowest BCUT2D eigenvalue weighted by Gasteiger charge is -2.05. The quantitative estimate of drug-likeness (QED) is 0.886. The SMILES string of the molecule is CNCc1oc2c(F)cc(F)cc2c1C(C)C. The van der Waals surface area contributed by atoms with Gasteiger partial charge in [-0.3, -0.25) is 0 Å². The standard InChI is InChI=1S/C13H15F2NO/c1-7(2)12-9-4-8(14)5-10(15)13(9)17-11(12)6-16-3/h4-5,7,16H,6H2,1-3H3. The molecule has 0 aliphatic carbocycles. The third kappa shape index (κ3) is 2.05. The fourth-order valence-corrected chi connectivity index (χ4v) is 2.12. The molecule has 0 fully saturated rings. The van der Waals surface area contributed by atoms with Crippen LogP contribution in [-0.4, -0.2) is 7.05 Å². The van der Waals surface area contributed by atoms with Gasteiger partial charge in [0.2, 0.25) is 0 Å².